The van der Waals surface area contributed by atoms with Gasteiger partial charge in [-0.25, -0.2) is 0 Å². The highest BCUT2D eigenvalue weighted by molar-refractivity contribution is 5.94. The highest BCUT2D eigenvalue weighted by Crippen LogP contribution is 2.20. The lowest BCUT2D eigenvalue weighted by Crippen LogP contribution is -2.52. The van der Waals surface area contributed by atoms with Crippen LogP contribution in [-0.4, -0.2) is 41.5 Å². The van der Waals surface area contributed by atoms with Crippen LogP contribution in [0.2, 0.25) is 0 Å². The Hall–Kier alpha value is -1.42. The molecule has 1 aromatic rings. The Morgan fingerprint density at radius 1 is 1.42 bits per heavy atom. The molecule has 0 unspecified atom stereocenters. The molecule has 0 radical (unpaired) electrons. The van der Waals surface area contributed by atoms with Gasteiger partial charge in [-0.15, -0.1) is 0 Å². The quantitative estimate of drug-likeness (QED) is 0.838. The second-order valence-electron chi connectivity index (χ2n) is 6.23. The standard InChI is InChI=1S/C15H23N3O/c1-11-9-16-7-8-18(11)14(19)12-5-6-13(17-10-12)15(2,3)4/h5-6,10-11,16H,7-9H2,1-4H3/t11-/m0/s1. The summed E-state index contributed by atoms with van der Waals surface area (Å²) in [7, 11) is 0. The van der Waals surface area contributed by atoms with Gasteiger partial charge in [0.05, 0.1) is 5.56 Å². The fraction of sp³-hybridized carbons (Fsp3) is 0.600. The van der Waals surface area contributed by atoms with E-state index < -0.39 is 0 Å². The van der Waals surface area contributed by atoms with Crippen LogP contribution in [0, 0.1) is 0 Å². The molecule has 0 saturated carbocycles. The van der Waals surface area contributed by atoms with Gasteiger partial charge in [0.25, 0.3) is 5.91 Å². The molecule has 2 heterocycles. The van der Waals surface area contributed by atoms with Crippen molar-refractivity contribution in [2.24, 2.45) is 0 Å². The maximum atomic E-state index is 12.4. The Kier molecular flexibility index (Phi) is 3.90. The van der Waals surface area contributed by atoms with E-state index in [0.717, 1.165) is 25.3 Å². The first-order chi connectivity index (χ1) is 8.89. The first-order valence-electron chi connectivity index (χ1n) is 6.88. The number of amides is 1. The van der Waals surface area contributed by atoms with Crippen LogP contribution in [0.15, 0.2) is 18.3 Å². The van der Waals surface area contributed by atoms with Gasteiger partial charge in [0.2, 0.25) is 0 Å². The molecule has 4 heteroatoms. The molecule has 4 nitrogen and oxygen atoms in total. The summed E-state index contributed by atoms with van der Waals surface area (Å²) in [6.45, 7) is 10.9. The van der Waals surface area contributed by atoms with E-state index in [1.54, 1.807) is 6.20 Å². The second kappa shape index (κ2) is 5.29. The third kappa shape index (κ3) is 3.13. The summed E-state index contributed by atoms with van der Waals surface area (Å²) in [4.78, 5) is 18.8. The number of hydrogen-bond donors (Lipinski definition) is 1. The molecule has 1 N–H and O–H groups in total. The molecule has 1 aromatic heterocycles. The van der Waals surface area contributed by atoms with E-state index in [1.807, 2.05) is 17.0 Å². The number of rotatable bonds is 1. The number of piperazine rings is 1. The van der Waals surface area contributed by atoms with Crippen LogP contribution in [0.5, 0.6) is 0 Å². The van der Waals surface area contributed by atoms with Crippen molar-refractivity contribution < 1.29 is 4.79 Å². The number of carbonyl (C=O) groups excluding carboxylic acids is 1. The van der Waals surface area contributed by atoms with Crippen LogP contribution in [-0.2, 0) is 5.41 Å². The van der Waals surface area contributed by atoms with Gasteiger partial charge < -0.3 is 10.2 Å². The van der Waals surface area contributed by atoms with E-state index in [1.165, 1.54) is 0 Å². The predicted octanol–water partition coefficient (Wildman–Crippen LogP) is 1.81. The predicted molar refractivity (Wildman–Crippen MR) is 76.3 cm³/mol. The zero-order valence-electron chi connectivity index (χ0n) is 12.2. The SMILES string of the molecule is C[C@H]1CNCCN1C(=O)c1ccc(C(C)(C)C)nc1. The minimum atomic E-state index is 0.0178. The first-order valence-corrected chi connectivity index (χ1v) is 6.88. The van der Waals surface area contributed by atoms with Gasteiger partial charge in [-0.1, -0.05) is 20.8 Å². The molecule has 1 saturated heterocycles. The Morgan fingerprint density at radius 3 is 2.68 bits per heavy atom. The van der Waals surface area contributed by atoms with E-state index in [4.69, 9.17) is 0 Å². The molecule has 2 rings (SSSR count). The topological polar surface area (TPSA) is 45.2 Å². The number of pyridine rings is 1. The third-order valence-corrected chi connectivity index (χ3v) is 3.54. The van der Waals surface area contributed by atoms with E-state index in [2.05, 4.69) is 38.0 Å². The van der Waals surface area contributed by atoms with E-state index in [-0.39, 0.29) is 17.4 Å². The first kappa shape index (κ1) is 14.0. The summed E-state index contributed by atoms with van der Waals surface area (Å²) in [5.74, 6) is 0.0851. The Morgan fingerprint density at radius 2 is 2.16 bits per heavy atom. The molecule has 0 spiro atoms. The smallest absolute Gasteiger partial charge is 0.255 e. The molecule has 1 fully saturated rings. The molecule has 0 bridgehead atoms. The second-order valence-corrected chi connectivity index (χ2v) is 6.23. The lowest BCUT2D eigenvalue weighted by molar-refractivity contribution is 0.0655. The zero-order chi connectivity index (χ0) is 14.0. The minimum absolute atomic E-state index is 0.0178. The van der Waals surface area contributed by atoms with Crippen LogP contribution in [0.3, 0.4) is 0 Å². The van der Waals surface area contributed by atoms with Gasteiger partial charge >= 0.3 is 0 Å². The van der Waals surface area contributed by atoms with Gasteiger partial charge in [-0.3, -0.25) is 9.78 Å². The van der Waals surface area contributed by atoms with Crippen LogP contribution in [0.4, 0.5) is 0 Å². The van der Waals surface area contributed by atoms with Crippen molar-refractivity contribution in [3.05, 3.63) is 29.6 Å². The maximum Gasteiger partial charge on any atom is 0.255 e. The maximum absolute atomic E-state index is 12.4. The van der Waals surface area contributed by atoms with E-state index >= 15 is 0 Å². The molecule has 1 aliphatic rings. The average molecular weight is 261 g/mol. The van der Waals surface area contributed by atoms with Gasteiger partial charge in [-0.05, 0) is 19.1 Å². The Labute approximate surface area is 115 Å². The van der Waals surface area contributed by atoms with E-state index in [0.29, 0.717) is 5.56 Å². The molecule has 1 atom stereocenters. The summed E-state index contributed by atoms with van der Waals surface area (Å²) < 4.78 is 0. The van der Waals surface area contributed by atoms with Crippen molar-refractivity contribution in [2.75, 3.05) is 19.6 Å². The van der Waals surface area contributed by atoms with Crippen molar-refractivity contribution in [3.63, 3.8) is 0 Å². The monoisotopic (exact) mass is 261 g/mol. The Balaban J connectivity index is 2.15. The number of nitrogens with zero attached hydrogens (tertiary/aromatic N) is 2. The van der Waals surface area contributed by atoms with Crippen molar-refractivity contribution >= 4 is 5.91 Å². The summed E-state index contributed by atoms with van der Waals surface area (Å²) in [6, 6.07) is 4.09. The number of hydrogen-bond acceptors (Lipinski definition) is 3. The van der Waals surface area contributed by atoms with Crippen LogP contribution in [0.1, 0.15) is 43.7 Å². The van der Waals surface area contributed by atoms with Crippen molar-refractivity contribution in [3.8, 4) is 0 Å². The summed E-state index contributed by atoms with van der Waals surface area (Å²) in [5.41, 5.74) is 1.71. The molecule has 19 heavy (non-hydrogen) atoms. The molecule has 1 aliphatic heterocycles. The third-order valence-electron chi connectivity index (χ3n) is 3.54. The highest BCUT2D eigenvalue weighted by atomic mass is 16.2. The van der Waals surface area contributed by atoms with E-state index in [9.17, 15) is 4.79 Å². The lowest BCUT2D eigenvalue weighted by Gasteiger charge is -2.34. The molecular weight excluding hydrogens is 238 g/mol. The molecule has 0 aliphatic carbocycles. The van der Waals surface area contributed by atoms with Gasteiger partial charge in [-0.2, -0.15) is 0 Å². The minimum Gasteiger partial charge on any atom is -0.333 e. The largest absolute Gasteiger partial charge is 0.333 e. The number of carbonyl (C=O) groups is 1. The average Bonchev–Trinajstić information content (AvgIpc) is 2.38. The summed E-state index contributed by atoms with van der Waals surface area (Å²) >= 11 is 0. The van der Waals surface area contributed by atoms with Gasteiger partial charge in [0.1, 0.15) is 0 Å². The van der Waals surface area contributed by atoms with Crippen LogP contribution >= 0.6 is 0 Å². The fourth-order valence-corrected chi connectivity index (χ4v) is 2.27. The summed E-state index contributed by atoms with van der Waals surface area (Å²) in [6.07, 6.45) is 1.71. The molecular formula is C15H23N3O. The Bertz CT molecular complexity index is 447. The van der Waals surface area contributed by atoms with Gasteiger partial charge in [0.15, 0.2) is 0 Å². The fourth-order valence-electron chi connectivity index (χ4n) is 2.27. The van der Waals surface area contributed by atoms with Crippen molar-refractivity contribution in [1.82, 2.24) is 15.2 Å². The lowest BCUT2D eigenvalue weighted by atomic mass is 9.91. The number of aromatic nitrogens is 1. The van der Waals surface area contributed by atoms with Crippen LogP contribution in [0.25, 0.3) is 0 Å². The van der Waals surface area contributed by atoms with Crippen molar-refractivity contribution in [1.29, 1.82) is 0 Å². The van der Waals surface area contributed by atoms with Crippen LogP contribution < -0.4 is 5.32 Å². The molecule has 1 amide bonds. The van der Waals surface area contributed by atoms with Gasteiger partial charge in [0, 0.05) is 43.0 Å². The summed E-state index contributed by atoms with van der Waals surface area (Å²) in [5, 5.41) is 3.29. The highest BCUT2D eigenvalue weighted by Gasteiger charge is 2.24. The van der Waals surface area contributed by atoms with Crippen molar-refractivity contribution in [2.45, 2.75) is 39.2 Å². The molecule has 104 valence electrons. The number of nitrogens with one attached hydrogen (secondary N) is 1. The zero-order valence-corrected chi connectivity index (χ0v) is 12.2. The normalized spacial score (nSPS) is 20.4. The molecule has 0 aromatic carbocycles.